The van der Waals surface area contributed by atoms with Crippen molar-refractivity contribution in [3.05, 3.63) is 27.2 Å². The summed E-state index contributed by atoms with van der Waals surface area (Å²) in [6, 6.07) is 4.67. The lowest BCUT2D eigenvalue weighted by atomic mass is 10.2. The van der Waals surface area contributed by atoms with Crippen molar-refractivity contribution in [1.82, 2.24) is 0 Å². The number of halogens is 5. The number of nitrogens with zero attached hydrogens (tertiary/aromatic N) is 3. The summed E-state index contributed by atoms with van der Waals surface area (Å²) in [5.74, 6) is 0. The molecule has 4 nitrogen and oxygen atoms in total. The molecule has 0 atom stereocenters. The SMILES string of the molecule is N#CC(C#N)=NNc1cc(C(F)(F)F)c(Br)cc1Cl. The van der Waals surface area contributed by atoms with Crippen LogP contribution in [-0.2, 0) is 6.18 Å². The van der Waals surface area contributed by atoms with Crippen molar-refractivity contribution in [2.24, 2.45) is 5.10 Å². The molecule has 0 spiro atoms. The zero-order chi connectivity index (χ0) is 14.6. The number of rotatable bonds is 2. The van der Waals surface area contributed by atoms with E-state index in [-0.39, 0.29) is 15.2 Å². The van der Waals surface area contributed by atoms with Crippen LogP contribution in [0.2, 0.25) is 5.02 Å². The Hall–Kier alpha value is -1.77. The van der Waals surface area contributed by atoms with E-state index in [4.69, 9.17) is 22.1 Å². The standard InChI is InChI=1S/C10H3BrClF3N4/c11-7-2-8(12)9(1-6(7)10(13,14)15)19-18-5(3-16)4-17/h1-2,19H. The molecule has 1 aromatic rings. The molecule has 1 N–H and O–H groups in total. The molecule has 0 aromatic heterocycles. The second-order valence-electron chi connectivity index (χ2n) is 3.11. The van der Waals surface area contributed by atoms with Crippen LogP contribution in [0.5, 0.6) is 0 Å². The van der Waals surface area contributed by atoms with Gasteiger partial charge in [0.25, 0.3) is 0 Å². The Morgan fingerprint density at radius 3 is 2.37 bits per heavy atom. The molecule has 0 amide bonds. The highest BCUT2D eigenvalue weighted by atomic mass is 79.9. The van der Waals surface area contributed by atoms with Gasteiger partial charge in [0.2, 0.25) is 5.71 Å². The van der Waals surface area contributed by atoms with Crippen molar-refractivity contribution in [1.29, 1.82) is 10.5 Å². The van der Waals surface area contributed by atoms with Gasteiger partial charge in [-0.2, -0.15) is 28.8 Å². The van der Waals surface area contributed by atoms with Crippen molar-refractivity contribution in [2.45, 2.75) is 6.18 Å². The molecule has 0 radical (unpaired) electrons. The molecule has 9 heteroatoms. The Balaban J connectivity index is 3.21. The second-order valence-corrected chi connectivity index (χ2v) is 4.37. The minimum atomic E-state index is -4.57. The third-order valence-electron chi connectivity index (χ3n) is 1.86. The summed E-state index contributed by atoms with van der Waals surface area (Å²) in [6.07, 6.45) is -4.57. The van der Waals surface area contributed by atoms with E-state index in [1.165, 1.54) is 12.1 Å². The first-order valence-corrected chi connectivity index (χ1v) is 5.67. The average molecular weight is 352 g/mol. The quantitative estimate of drug-likeness (QED) is 0.648. The molecule has 98 valence electrons. The van der Waals surface area contributed by atoms with Crippen LogP contribution in [0.3, 0.4) is 0 Å². The number of benzene rings is 1. The number of hydrogen-bond donors (Lipinski definition) is 1. The summed E-state index contributed by atoms with van der Waals surface area (Å²) in [7, 11) is 0. The molecule has 0 aliphatic heterocycles. The highest BCUT2D eigenvalue weighted by Gasteiger charge is 2.33. The van der Waals surface area contributed by atoms with Crippen LogP contribution in [0, 0.1) is 22.7 Å². The van der Waals surface area contributed by atoms with Crippen LogP contribution in [-0.4, -0.2) is 5.71 Å². The van der Waals surface area contributed by atoms with E-state index < -0.39 is 17.5 Å². The van der Waals surface area contributed by atoms with Crippen molar-refractivity contribution < 1.29 is 13.2 Å². The van der Waals surface area contributed by atoms with Gasteiger partial charge in [-0.05, 0) is 12.1 Å². The Labute approximate surface area is 119 Å². The van der Waals surface area contributed by atoms with Crippen LogP contribution >= 0.6 is 27.5 Å². The van der Waals surface area contributed by atoms with Crippen LogP contribution in [0.25, 0.3) is 0 Å². The predicted octanol–water partition coefficient (Wildman–Crippen LogP) is 3.94. The molecule has 1 aromatic carbocycles. The molecule has 0 saturated carbocycles. The van der Waals surface area contributed by atoms with E-state index in [1.54, 1.807) is 0 Å². The Bertz CT molecular complexity index is 597. The fourth-order valence-electron chi connectivity index (χ4n) is 1.04. The first kappa shape index (κ1) is 15.3. The van der Waals surface area contributed by atoms with Gasteiger partial charge in [-0.15, -0.1) is 0 Å². The Morgan fingerprint density at radius 1 is 1.32 bits per heavy atom. The van der Waals surface area contributed by atoms with Crippen LogP contribution in [0.15, 0.2) is 21.7 Å². The summed E-state index contributed by atoms with van der Waals surface area (Å²) in [4.78, 5) is 0. The van der Waals surface area contributed by atoms with Gasteiger partial charge in [-0.25, -0.2) is 0 Å². The highest BCUT2D eigenvalue weighted by Crippen LogP contribution is 2.39. The lowest BCUT2D eigenvalue weighted by Gasteiger charge is -2.12. The van der Waals surface area contributed by atoms with Gasteiger partial charge in [0, 0.05) is 4.47 Å². The van der Waals surface area contributed by atoms with E-state index in [9.17, 15) is 13.2 Å². The monoisotopic (exact) mass is 350 g/mol. The van der Waals surface area contributed by atoms with E-state index >= 15 is 0 Å². The van der Waals surface area contributed by atoms with E-state index in [2.05, 4.69) is 26.5 Å². The van der Waals surface area contributed by atoms with Crippen molar-refractivity contribution >= 4 is 38.9 Å². The molecule has 0 bridgehead atoms. The van der Waals surface area contributed by atoms with Crippen LogP contribution in [0.4, 0.5) is 18.9 Å². The first-order chi connectivity index (χ1) is 8.79. The first-order valence-electron chi connectivity index (χ1n) is 4.49. The minimum absolute atomic E-state index is 0.0427. The molecule has 19 heavy (non-hydrogen) atoms. The van der Waals surface area contributed by atoms with Gasteiger partial charge in [-0.1, -0.05) is 27.5 Å². The van der Waals surface area contributed by atoms with Gasteiger partial charge in [0.05, 0.1) is 16.3 Å². The molecular weight excluding hydrogens is 348 g/mol. The summed E-state index contributed by atoms with van der Waals surface area (Å²) in [5, 5.41) is 20.2. The maximum atomic E-state index is 12.7. The smallest absolute Gasteiger partial charge is 0.275 e. The number of anilines is 1. The fraction of sp³-hybridized carbons (Fsp3) is 0.100. The van der Waals surface area contributed by atoms with Gasteiger partial charge < -0.3 is 0 Å². The zero-order valence-electron chi connectivity index (χ0n) is 8.89. The topological polar surface area (TPSA) is 72.0 Å². The minimum Gasteiger partial charge on any atom is -0.275 e. The van der Waals surface area contributed by atoms with Gasteiger partial charge >= 0.3 is 6.18 Å². The van der Waals surface area contributed by atoms with E-state index in [0.29, 0.717) is 0 Å². The predicted molar refractivity (Wildman–Crippen MR) is 66.4 cm³/mol. The maximum Gasteiger partial charge on any atom is 0.417 e. The van der Waals surface area contributed by atoms with Crippen molar-refractivity contribution in [3.8, 4) is 12.1 Å². The number of alkyl halides is 3. The van der Waals surface area contributed by atoms with Crippen molar-refractivity contribution in [2.75, 3.05) is 5.43 Å². The highest BCUT2D eigenvalue weighted by molar-refractivity contribution is 9.10. The fourth-order valence-corrected chi connectivity index (χ4v) is 1.95. The normalized spacial score (nSPS) is 10.3. The lowest BCUT2D eigenvalue weighted by Crippen LogP contribution is -2.07. The lowest BCUT2D eigenvalue weighted by molar-refractivity contribution is -0.138. The summed E-state index contributed by atoms with van der Waals surface area (Å²) in [6.45, 7) is 0. The van der Waals surface area contributed by atoms with Gasteiger partial charge in [-0.3, -0.25) is 5.43 Å². The van der Waals surface area contributed by atoms with Crippen molar-refractivity contribution in [3.63, 3.8) is 0 Å². The molecular formula is C10H3BrClF3N4. The average Bonchev–Trinajstić information content (AvgIpc) is 2.31. The third-order valence-corrected chi connectivity index (χ3v) is 2.83. The maximum absolute atomic E-state index is 12.7. The number of nitrogens with one attached hydrogen (secondary N) is 1. The molecule has 0 heterocycles. The van der Waals surface area contributed by atoms with Gasteiger partial charge in [0.15, 0.2) is 0 Å². The number of hydrazone groups is 1. The molecule has 0 fully saturated rings. The molecule has 0 aliphatic carbocycles. The summed E-state index contributed by atoms with van der Waals surface area (Å²) in [5.41, 5.74) is 0.490. The van der Waals surface area contributed by atoms with Crippen LogP contribution in [0.1, 0.15) is 5.56 Å². The molecule has 1 rings (SSSR count). The number of nitriles is 2. The zero-order valence-corrected chi connectivity index (χ0v) is 11.2. The molecule has 0 aliphatic rings. The van der Waals surface area contributed by atoms with E-state index in [0.717, 1.165) is 12.1 Å². The summed E-state index contributed by atoms with van der Waals surface area (Å²) >= 11 is 8.48. The molecule has 0 unspecified atom stereocenters. The second kappa shape index (κ2) is 5.91. The summed E-state index contributed by atoms with van der Waals surface area (Å²) < 4.78 is 37.7. The Morgan fingerprint density at radius 2 is 1.89 bits per heavy atom. The molecule has 0 saturated heterocycles. The largest absolute Gasteiger partial charge is 0.417 e. The van der Waals surface area contributed by atoms with Crippen LogP contribution < -0.4 is 5.43 Å². The van der Waals surface area contributed by atoms with Gasteiger partial charge in [0.1, 0.15) is 12.1 Å². The Kier molecular flexibility index (Phi) is 4.76. The third kappa shape index (κ3) is 3.85. The number of hydrogen-bond acceptors (Lipinski definition) is 4. The van der Waals surface area contributed by atoms with E-state index in [1.807, 2.05) is 0 Å².